The zero-order valence-corrected chi connectivity index (χ0v) is 7.60. The molecule has 0 spiro atoms. The number of phenols is 1. The Bertz CT molecular complexity index is 345. The lowest BCUT2D eigenvalue weighted by Gasteiger charge is -2.04. The predicted molar refractivity (Wildman–Crippen MR) is 47.4 cm³/mol. The summed E-state index contributed by atoms with van der Waals surface area (Å²) in [6, 6.07) is 2.34. The van der Waals surface area contributed by atoms with Gasteiger partial charge in [0, 0.05) is 12.5 Å². The summed E-state index contributed by atoms with van der Waals surface area (Å²) < 4.78 is 12.9. The Morgan fingerprint density at radius 3 is 2.69 bits per heavy atom. The van der Waals surface area contributed by atoms with Crippen molar-refractivity contribution < 1.29 is 14.3 Å². The van der Waals surface area contributed by atoms with Gasteiger partial charge in [0.1, 0.15) is 11.6 Å². The quantitative estimate of drug-likeness (QED) is 0.713. The van der Waals surface area contributed by atoms with E-state index in [0.29, 0.717) is 12.0 Å². The zero-order valence-electron chi connectivity index (χ0n) is 7.60. The van der Waals surface area contributed by atoms with Gasteiger partial charge >= 0.3 is 0 Å². The van der Waals surface area contributed by atoms with E-state index in [-0.39, 0.29) is 17.1 Å². The second kappa shape index (κ2) is 3.56. The number of Topliss-reactive ketones (excluding diaryl/α,β-unsaturated/α-hetero) is 1. The maximum atomic E-state index is 12.9. The summed E-state index contributed by atoms with van der Waals surface area (Å²) in [5.74, 6) is -0.958. The molecule has 1 N–H and O–H groups in total. The third-order valence-corrected chi connectivity index (χ3v) is 1.90. The maximum Gasteiger partial charge on any atom is 0.166 e. The fraction of sp³-hybridized carbons (Fsp3) is 0.300. The van der Waals surface area contributed by atoms with E-state index >= 15 is 0 Å². The van der Waals surface area contributed by atoms with E-state index in [1.165, 1.54) is 6.07 Å². The van der Waals surface area contributed by atoms with Gasteiger partial charge in [-0.3, -0.25) is 4.79 Å². The molecule has 70 valence electrons. The minimum Gasteiger partial charge on any atom is -0.507 e. The molecule has 1 aromatic carbocycles. The number of phenolic OH excluding ortho intramolecular Hbond substituents is 1. The molecular formula is C10H11FO2. The minimum absolute atomic E-state index is 0.180. The number of carbonyl (C=O) groups excluding carboxylic acids is 1. The number of aromatic hydroxyl groups is 1. The van der Waals surface area contributed by atoms with Crippen molar-refractivity contribution in [2.24, 2.45) is 0 Å². The molecule has 2 nitrogen and oxygen atoms in total. The summed E-state index contributed by atoms with van der Waals surface area (Å²) in [7, 11) is 0. The van der Waals surface area contributed by atoms with Crippen LogP contribution in [0.5, 0.6) is 5.75 Å². The topological polar surface area (TPSA) is 37.3 Å². The lowest BCUT2D eigenvalue weighted by Crippen LogP contribution is -1.98. The zero-order chi connectivity index (χ0) is 10.0. The number of carbonyl (C=O) groups is 1. The highest BCUT2D eigenvalue weighted by Crippen LogP contribution is 2.22. The SMILES string of the molecule is CCC(=O)c1cc(C)c(F)cc1O. The fourth-order valence-corrected chi connectivity index (χ4v) is 1.08. The second-order valence-electron chi connectivity index (χ2n) is 2.90. The van der Waals surface area contributed by atoms with Gasteiger partial charge in [-0.1, -0.05) is 6.92 Å². The monoisotopic (exact) mass is 182 g/mol. The molecular weight excluding hydrogens is 171 g/mol. The molecule has 0 bridgehead atoms. The lowest BCUT2D eigenvalue weighted by molar-refractivity contribution is 0.0985. The van der Waals surface area contributed by atoms with E-state index in [1.54, 1.807) is 13.8 Å². The van der Waals surface area contributed by atoms with E-state index < -0.39 is 5.82 Å². The Morgan fingerprint density at radius 2 is 2.15 bits per heavy atom. The van der Waals surface area contributed by atoms with Gasteiger partial charge in [0.25, 0.3) is 0 Å². The third kappa shape index (κ3) is 1.86. The molecule has 0 aromatic heterocycles. The van der Waals surface area contributed by atoms with Gasteiger partial charge in [-0.05, 0) is 18.6 Å². The molecule has 1 aromatic rings. The van der Waals surface area contributed by atoms with Crippen molar-refractivity contribution in [3.05, 3.63) is 29.1 Å². The standard InChI is InChI=1S/C10H11FO2/c1-3-9(12)7-4-6(2)8(11)5-10(7)13/h4-5,13H,3H2,1-2H3. The summed E-state index contributed by atoms with van der Waals surface area (Å²) in [4.78, 5) is 11.2. The summed E-state index contributed by atoms with van der Waals surface area (Å²) in [5, 5.41) is 9.26. The maximum absolute atomic E-state index is 12.9. The number of ketones is 1. The van der Waals surface area contributed by atoms with Gasteiger partial charge in [-0.25, -0.2) is 4.39 Å². The van der Waals surface area contributed by atoms with Gasteiger partial charge in [0.2, 0.25) is 0 Å². The van der Waals surface area contributed by atoms with Crippen molar-refractivity contribution in [1.29, 1.82) is 0 Å². The number of hydrogen-bond acceptors (Lipinski definition) is 2. The molecule has 1 rings (SSSR count). The van der Waals surface area contributed by atoms with Crippen molar-refractivity contribution in [2.75, 3.05) is 0 Å². The van der Waals surface area contributed by atoms with Crippen molar-refractivity contribution in [2.45, 2.75) is 20.3 Å². The smallest absolute Gasteiger partial charge is 0.166 e. The summed E-state index contributed by atoms with van der Waals surface area (Å²) in [5.41, 5.74) is 0.566. The van der Waals surface area contributed by atoms with Crippen LogP contribution >= 0.6 is 0 Å². The normalized spacial score (nSPS) is 10.1. The largest absolute Gasteiger partial charge is 0.507 e. The average molecular weight is 182 g/mol. The highest BCUT2D eigenvalue weighted by Gasteiger charge is 2.11. The Balaban J connectivity index is 3.23. The van der Waals surface area contributed by atoms with Crippen molar-refractivity contribution in [1.82, 2.24) is 0 Å². The van der Waals surface area contributed by atoms with Crippen molar-refractivity contribution >= 4 is 5.78 Å². The van der Waals surface area contributed by atoms with Gasteiger partial charge in [-0.15, -0.1) is 0 Å². The molecule has 0 saturated carbocycles. The first-order valence-electron chi connectivity index (χ1n) is 4.08. The number of benzene rings is 1. The van der Waals surface area contributed by atoms with Crippen LogP contribution in [0.3, 0.4) is 0 Å². The number of rotatable bonds is 2. The second-order valence-corrected chi connectivity index (χ2v) is 2.90. The van der Waals surface area contributed by atoms with Crippen molar-refractivity contribution in [3.8, 4) is 5.75 Å². The molecule has 0 atom stereocenters. The van der Waals surface area contributed by atoms with Gasteiger partial charge in [0.05, 0.1) is 5.56 Å². The van der Waals surface area contributed by atoms with Crippen LogP contribution in [0.2, 0.25) is 0 Å². The van der Waals surface area contributed by atoms with Crippen molar-refractivity contribution in [3.63, 3.8) is 0 Å². The molecule has 3 heteroatoms. The molecule has 0 saturated heterocycles. The Hall–Kier alpha value is -1.38. The van der Waals surface area contributed by atoms with Gasteiger partial charge in [-0.2, -0.15) is 0 Å². The third-order valence-electron chi connectivity index (χ3n) is 1.90. The minimum atomic E-state index is -0.495. The molecule has 0 fully saturated rings. The van der Waals surface area contributed by atoms with Crippen LogP contribution in [0, 0.1) is 12.7 Å². The highest BCUT2D eigenvalue weighted by atomic mass is 19.1. The van der Waals surface area contributed by atoms with E-state index in [1.807, 2.05) is 0 Å². The number of halogens is 1. The van der Waals surface area contributed by atoms with Crippen LogP contribution in [0.15, 0.2) is 12.1 Å². The van der Waals surface area contributed by atoms with Crippen LogP contribution in [-0.2, 0) is 0 Å². The van der Waals surface area contributed by atoms with Crippen LogP contribution in [-0.4, -0.2) is 10.9 Å². The Labute approximate surface area is 76.0 Å². The van der Waals surface area contributed by atoms with E-state index in [2.05, 4.69) is 0 Å². The predicted octanol–water partition coefficient (Wildman–Crippen LogP) is 2.43. The van der Waals surface area contributed by atoms with Gasteiger partial charge < -0.3 is 5.11 Å². The van der Waals surface area contributed by atoms with Crippen LogP contribution < -0.4 is 0 Å². The molecule has 0 radical (unpaired) electrons. The molecule has 13 heavy (non-hydrogen) atoms. The summed E-state index contributed by atoms with van der Waals surface area (Å²) >= 11 is 0. The summed E-state index contributed by atoms with van der Waals surface area (Å²) in [6.45, 7) is 3.25. The Morgan fingerprint density at radius 1 is 1.54 bits per heavy atom. The fourth-order valence-electron chi connectivity index (χ4n) is 1.08. The highest BCUT2D eigenvalue weighted by molar-refractivity contribution is 5.98. The van der Waals surface area contributed by atoms with Crippen LogP contribution in [0.25, 0.3) is 0 Å². The van der Waals surface area contributed by atoms with E-state index in [4.69, 9.17) is 0 Å². The molecule has 0 aliphatic rings. The Kier molecular flexibility index (Phi) is 2.66. The first-order chi connectivity index (χ1) is 6.06. The molecule has 0 amide bonds. The molecule has 0 heterocycles. The average Bonchev–Trinajstić information content (AvgIpc) is 2.10. The lowest BCUT2D eigenvalue weighted by atomic mass is 10.0. The van der Waals surface area contributed by atoms with Crippen LogP contribution in [0.1, 0.15) is 29.3 Å². The molecule has 0 aliphatic heterocycles. The number of hydrogen-bond donors (Lipinski definition) is 1. The van der Waals surface area contributed by atoms with Gasteiger partial charge in [0.15, 0.2) is 5.78 Å². The molecule has 0 aliphatic carbocycles. The number of aryl methyl sites for hydroxylation is 1. The molecule has 0 unspecified atom stereocenters. The summed E-state index contributed by atoms with van der Waals surface area (Å²) in [6.07, 6.45) is 0.304. The van der Waals surface area contributed by atoms with E-state index in [0.717, 1.165) is 6.07 Å². The first kappa shape index (κ1) is 9.71. The van der Waals surface area contributed by atoms with Crippen LogP contribution in [0.4, 0.5) is 4.39 Å². The first-order valence-corrected chi connectivity index (χ1v) is 4.08. The van der Waals surface area contributed by atoms with E-state index in [9.17, 15) is 14.3 Å².